The summed E-state index contributed by atoms with van der Waals surface area (Å²) in [6.45, 7) is 0.179. The quantitative estimate of drug-likeness (QED) is 0.850. The molecule has 0 unspecified atom stereocenters. The van der Waals surface area contributed by atoms with E-state index in [0.29, 0.717) is 17.1 Å². The maximum absolute atomic E-state index is 12.8. The summed E-state index contributed by atoms with van der Waals surface area (Å²) in [5.74, 6) is 3.33. The van der Waals surface area contributed by atoms with E-state index >= 15 is 0 Å². The minimum absolute atomic E-state index is 0.0820. The minimum Gasteiger partial charge on any atom is -0.486 e. The highest BCUT2D eigenvalue weighted by Crippen LogP contribution is 2.60. The first kappa shape index (κ1) is 13.8. The predicted octanol–water partition coefficient (Wildman–Crippen LogP) is 3.72. The lowest BCUT2D eigenvalue weighted by Gasteiger charge is -2.55. The maximum Gasteiger partial charge on any atom is 0.176 e. The largest absolute Gasteiger partial charge is 0.486 e. The summed E-state index contributed by atoms with van der Waals surface area (Å²) in [4.78, 5) is 12.8. The molecule has 4 bridgehead atoms. The summed E-state index contributed by atoms with van der Waals surface area (Å²) >= 11 is 0. The van der Waals surface area contributed by atoms with Gasteiger partial charge in [0.1, 0.15) is 12.4 Å². The molecule has 0 saturated heterocycles. The van der Waals surface area contributed by atoms with E-state index in [9.17, 15) is 4.79 Å². The molecule has 1 aromatic rings. The first-order chi connectivity index (χ1) is 10.7. The van der Waals surface area contributed by atoms with Crippen molar-refractivity contribution in [1.29, 1.82) is 5.26 Å². The van der Waals surface area contributed by atoms with Gasteiger partial charge in [0, 0.05) is 5.41 Å². The molecule has 4 aliphatic carbocycles. The molecule has 0 atom stereocenters. The zero-order valence-electron chi connectivity index (χ0n) is 12.8. The third-order valence-electron chi connectivity index (χ3n) is 5.98. The fourth-order valence-corrected chi connectivity index (χ4v) is 5.38. The molecular weight excluding hydrogens is 274 g/mol. The van der Waals surface area contributed by atoms with Gasteiger partial charge in [-0.1, -0.05) is 0 Å². The second kappa shape index (κ2) is 5.12. The van der Waals surface area contributed by atoms with Crippen molar-refractivity contribution in [2.45, 2.75) is 38.5 Å². The van der Waals surface area contributed by atoms with Crippen molar-refractivity contribution in [2.75, 3.05) is 6.61 Å². The average molecular weight is 295 g/mol. The smallest absolute Gasteiger partial charge is 0.176 e. The fourth-order valence-electron chi connectivity index (χ4n) is 5.38. The van der Waals surface area contributed by atoms with E-state index in [-0.39, 0.29) is 12.0 Å². The monoisotopic (exact) mass is 295 g/mol. The molecule has 0 aromatic heterocycles. The van der Waals surface area contributed by atoms with Gasteiger partial charge in [-0.2, -0.15) is 5.26 Å². The van der Waals surface area contributed by atoms with E-state index in [1.165, 1.54) is 19.3 Å². The summed E-state index contributed by atoms with van der Waals surface area (Å²) in [6.07, 6.45) is 7.33. The number of hydrogen-bond acceptors (Lipinski definition) is 3. The third kappa shape index (κ3) is 2.31. The molecule has 4 aliphatic rings. The molecular formula is C19H21NO2. The van der Waals surface area contributed by atoms with Crippen LogP contribution in [0.1, 0.15) is 44.1 Å². The van der Waals surface area contributed by atoms with E-state index in [0.717, 1.165) is 37.0 Å². The van der Waals surface area contributed by atoms with Crippen LogP contribution in [0.4, 0.5) is 0 Å². The van der Waals surface area contributed by atoms with Crippen LogP contribution in [0.25, 0.3) is 0 Å². The van der Waals surface area contributed by atoms with Crippen LogP contribution >= 0.6 is 0 Å². The van der Waals surface area contributed by atoms with Crippen molar-refractivity contribution in [2.24, 2.45) is 23.2 Å². The van der Waals surface area contributed by atoms with Crippen molar-refractivity contribution < 1.29 is 9.53 Å². The predicted molar refractivity (Wildman–Crippen MR) is 82.3 cm³/mol. The molecule has 4 saturated carbocycles. The molecule has 0 heterocycles. The second-order valence-corrected chi connectivity index (χ2v) is 7.55. The molecule has 0 spiro atoms. The van der Waals surface area contributed by atoms with Gasteiger partial charge in [-0.3, -0.25) is 4.79 Å². The van der Waals surface area contributed by atoms with Crippen molar-refractivity contribution in [1.82, 2.24) is 0 Å². The Morgan fingerprint density at radius 1 is 1.09 bits per heavy atom. The van der Waals surface area contributed by atoms with Crippen molar-refractivity contribution in [3.05, 3.63) is 29.8 Å². The number of nitriles is 1. The number of hydrogen-bond donors (Lipinski definition) is 0. The van der Waals surface area contributed by atoms with Crippen molar-refractivity contribution in [3.63, 3.8) is 0 Å². The van der Waals surface area contributed by atoms with Crippen LogP contribution in [-0.4, -0.2) is 12.4 Å². The first-order valence-corrected chi connectivity index (χ1v) is 8.33. The zero-order valence-corrected chi connectivity index (χ0v) is 12.8. The molecule has 114 valence electrons. The molecule has 0 N–H and O–H groups in total. The number of benzene rings is 1. The highest BCUT2D eigenvalue weighted by Gasteiger charge is 2.54. The Hall–Kier alpha value is -1.82. The lowest BCUT2D eigenvalue weighted by Crippen LogP contribution is -2.51. The maximum atomic E-state index is 12.8. The lowest BCUT2D eigenvalue weighted by atomic mass is 9.48. The Morgan fingerprint density at radius 2 is 1.64 bits per heavy atom. The Kier molecular flexibility index (Phi) is 3.22. The number of ether oxygens (including phenoxy) is 1. The Bertz CT molecular complexity index is 591. The third-order valence-corrected chi connectivity index (χ3v) is 5.98. The zero-order chi connectivity index (χ0) is 15.2. The number of carbonyl (C=O) groups is 1. The summed E-state index contributed by atoms with van der Waals surface area (Å²) < 4.78 is 5.70. The molecule has 22 heavy (non-hydrogen) atoms. The van der Waals surface area contributed by atoms with E-state index in [1.807, 2.05) is 0 Å². The van der Waals surface area contributed by atoms with Gasteiger partial charge in [-0.15, -0.1) is 0 Å². The van der Waals surface area contributed by atoms with Crippen LogP contribution in [0.5, 0.6) is 5.75 Å². The van der Waals surface area contributed by atoms with Gasteiger partial charge in [-0.05, 0) is 80.5 Å². The van der Waals surface area contributed by atoms with Crippen LogP contribution in [0.15, 0.2) is 24.3 Å². The van der Waals surface area contributed by atoms with E-state index in [2.05, 4.69) is 6.07 Å². The minimum atomic E-state index is -0.0820. The second-order valence-electron chi connectivity index (χ2n) is 7.55. The molecule has 0 aliphatic heterocycles. The lowest BCUT2D eigenvalue weighted by molar-refractivity contribution is -0.145. The standard InChI is InChI=1S/C19H21NO2/c20-11-13-1-3-17(4-2-13)22-12-18(21)19-8-14-5-15(9-19)7-16(6-14)10-19/h1-4,14-16H,5-10,12H2. The molecule has 0 radical (unpaired) electrons. The van der Waals surface area contributed by atoms with Gasteiger partial charge in [0.15, 0.2) is 5.78 Å². The highest BCUT2D eigenvalue weighted by molar-refractivity contribution is 5.86. The number of ketones is 1. The summed E-state index contributed by atoms with van der Waals surface area (Å²) in [6, 6.07) is 9.08. The van der Waals surface area contributed by atoms with Crippen LogP contribution in [0, 0.1) is 34.5 Å². The first-order valence-electron chi connectivity index (χ1n) is 8.33. The van der Waals surface area contributed by atoms with Crippen LogP contribution < -0.4 is 4.74 Å². The van der Waals surface area contributed by atoms with Gasteiger partial charge < -0.3 is 4.74 Å². The Morgan fingerprint density at radius 3 is 2.14 bits per heavy atom. The molecule has 1 aromatic carbocycles. The van der Waals surface area contributed by atoms with Crippen LogP contribution in [0.2, 0.25) is 0 Å². The molecule has 0 amide bonds. The number of carbonyl (C=O) groups excluding carboxylic acids is 1. The SMILES string of the molecule is N#Cc1ccc(OCC(=O)C23CC4CC(CC(C4)C2)C3)cc1. The molecule has 3 nitrogen and oxygen atoms in total. The van der Waals surface area contributed by atoms with Gasteiger partial charge in [0.2, 0.25) is 0 Å². The van der Waals surface area contributed by atoms with Gasteiger partial charge in [0.25, 0.3) is 0 Å². The van der Waals surface area contributed by atoms with E-state index in [4.69, 9.17) is 10.00 Å². The van der Waals surface area contributed by atoms with Crippen LogP contribution in [-0.2, 0) is 4.79 Å². The Labute approximate surface area is 131 Å². The average Bonchev–Trinajstić information content (AvgIpc) is 2.51. The van der Waals surface area contributed by atoms with E-state index in [1.54, 1.807) is 24.3 Å². The normalized spacial score (nSPS) is 35.1. The Balaban J connectivity index is 1.43. The molecule has 3 heteroatoms. The van der Waals surface area contributed by atoms with Crippen molar-refractivity contribution in [3.8, 4) is 11.8 Å². The summed E-state index contributed by atoms with van der Waals surface area (Å²) in [5.41, 5.74) is 0.529. The van der Waals surface area contributed by atoms with Crippen LogP contribution in [0.3, 0.4) is 0 Å². The van der Waals surface area contributed by atoms with Crippen molar-refractivity contribution >= 4 is 5.78 Å². The summed E-state index contributed by atoms with van der Waals surface area (Å²) in [5, 5.41) is 8.80. The topological polar surface area (TPSA) is 50.1 Å². The number of nitrogens with zero attached hydrogens (tertiary/aromatic N) is 1. The number of Topliss-reactive ketones (excluding diaryl/α,β-unsaturated/α-hetero) is 1. The summed E-state index contributed by atoms with van der Waals surface area (Å²) in [7, 11) is 0. The molecule has 4 fully saturated rings. The van der Waals surface area contributed by atoms with Gasteiger partial charge in [-0.25, -0.2) is 0 Å². The molecule has 5 rings (SSSR count). The highest BCUT2D eigenvalue weighted by atomic mass is 16.5. The van der Waals surface area contributed by atoms with Gasteiger partial charge >= 0.3 is 0 Å². The number of rotatable bonds is 4. The van der Waals surface area contributed by atoms with E-state index < -0.39 is 0 Å². The van der Waals surface area contributed by atoms with Gasteiger partial charge in [0.05, 0.1) is 11.6 Å². The fraction of sp³-hybridized carbons (Fsp3) is 0.579.